The van der Waals surface area contributed by atoms with Crippen LogP contribution in [-0.2, 0) is 6.54 Å². The lowest BCUT2D eigenvalue weighted by molar-refractivity contribution is 0.0337. The summed E-state index contributed by atoms with van der Waals surface area (Å²) in [6, 6.07) is 4.25. The van der Waals surface area contributed by atoms with Crippen LogP contribution in [0, 0.1) is 5.41 Å². The highest BCUT2D eigenvalue weighted by Crippen LogP contribution is 2.35. The Labute approximate surface area is 164 Å². The maximum absolute atomic E-state index is 9.52. The van der Waals surface area contributed by atoms with Crippen LogP contribution >= 0.6 is 0 Å². The molecule has 6 heteroatoms. The van der Waals surface area contributed by atoms with Crippen LogP contribution in [0.15, 0.2) is 12.1 Å². The predicted molar refractivity (Wildman–Crippen MR) is 108 cm³/mol. The molecule has 2 rings (SSSR count). The second-order valence-electron chi connectivity index (χ2n) is 8.45. The van der Waals surface area contributed by atoms with Gasteiger partial charge in [0.25, 0.3) is 0 Å². The van der Waals surface area contributed by atoms with Crippen LogP contribution in [0.25, 0.3) is 0 Å². The third-order valence-corrected chi connectivity index (χ3v) is 5.01. The highest BCUT2D eigenvalue weighted by atomic mass is 16.5. The molecule has 0 saturated carbocycles. The maximum atomic E-state index is 9.52. The molecular weight excluding hydrogens is 344 g/mol. The van der Waals surface area contributed by atoms with Gasteiger partial charge in [-0.25, -0.2) is 0 Å². The molecule has 154 valence electrons. The van der Waals surface area contributed by atoms with Gasteiger partial charge < -0.3 is 19.3 Å². The van der Waals surface area contributed by atoms with Gasteiger partial charge in [-0.2, -0.15) is 0 Å². The minimum atomic E-state index is 0.221. The highest BCUT2D eigenvalue weighted by molar-refractivity contribution is 5.50. The molecule has 0 aliphatic carbocycles. The van der Waals surface area contributed by atoms with Crippen molar-refractivity contribution in [3.63, 3.8) is 0 Å². The number of nitrogens with zero attached hydrogens (tertiary/aromatic N) is 2. The number of aliphatic hydroxyl groups is 1. The standard InChI is InChI=1S/C21H36N2O4/c1-21(2,3)15-23-9-8-22(14-17(23)7-10-24)13-16-11-19(26-5)20(27-6)12-18(16)25-4/h11-12,17,24H,7-10,13-15H2,1-6H3/t17-/m1/s1. The predicted octanol–water partition coefficient (Wildman–Crippen LogP) is 2.63. The zero-order valence-corrected chi connectivity index (χ0v) is 17.7. The average Bonchev–Trinajstić information content (AvgIpc) is 2.62. The Hall–Kier alpha value is -1.50. The summed E-state index contributed by atoms with van der Waals surface area (Å²) in [6.45, 7) is 11.8. The van der Waals surface area contributed by atoms with E-state index in [1.54, 1.807) is 21.3 Å². The monoisotopic (exact) mass is 380 g/mol. The Morgan fingerprint density at radius 2 is 1.63 bits per heavy atom. The first-order valence-electron chi connectivity index (χ1n) is 9.67. The lowest BCUT2D eigenvalue weighted by atomic mass is 9.94. The molecule has 6 nitrogen and oxygen atoms in total. The summed E-state index contributed by atoms with van der Waals surface area (Å²) in [5.74, 6) is 2.20. The van der Waals surface area contributed by atoms with E-state index in [0.717, 1.165) is 50.5 Å². The summed E-state index contributed by atoms with van der Waals surface area (Å²) in [6.07, 6.45) is 0.801. The molecule has 1 atom stereocenters. The van der Waals surface area contributed by atoms with Gasteiger partial charge in [-0.15, -0.1) is 0 Å². The summed E-state index contributed by atoms with van der Waals surface area (Å²) in [4.78, 5) is 4.96. The number of hydrogen-bond donors (Lipinski definition) is 1. The van der Waals surface area contributed by atoms with E-state index in [0.29, 0.717) is 17.5 Å². The van der Waals surface area contributed by atoms with Crippen molar-refractivity contribution in [2.75, 3.05) is 54.1 Å². The van der Waals surface area contributed by atoms with Crippen molar-refractivity contribution in [3.05, 3.63) is 17.7 Å². The van der Waals surface area contributed by atoms with Gasteiger partial charge in [-0.05, 0) is 17.9 Å². The van der Waals surface area contributed by atoms with E-state index in [1.807, 2.05) is 12.1 Å². The molecule has 1 aromatic rings. The SMILES string of the molecule is COc1cc(OC)c(OC)cc1CN1CCN(CC(C)(C)C)[C@H](CCO)C1. The van der Waals surface area contributed by atoms with Gasteiger partial charge in [0.15, 0.2) is 11.5 Å². The molecule has 0 unspecified atom stereocenters. The van der Waals surface area contributed by atoms with Gasteiger partial charge in [0.1, 0.15) is 5.75 Å². The van der Waals surface area contributed by atoms with Crippen LogP contribution < -0.4 is 14.2 Å². The summed E-state index contributed by atoms with van der Waals surface area (Å²) in [7, 11) is 4.96. The number of rotatable bonds is 8. The van der Waals surface area contributed by atoms with E-state index in [2.05, 4.69) is 30.6 Å². The number of hydrogen-bond acceptors (Lipinski definition) is 6. The second kappa shape index (κ2) is 9.62. The largest absolute Gasteiger partial charge is 0.496 e. The van der Waals surface area contributed by atoms with Gasteiger partial charge in [0.05, 0.1) is 21.3 Å². The zero-order chi connectivity index (χ0) is 20.0. The Bertz CT molecular complexity index is 601. The lowest BCUT2D eigenvalue weighted by Crippen LogP contribution is -2.54. The van der Waals surface area contributed by atoms with Gasteiger partial charge >= 0.3 is 0 Å². The van der Waals surface area contributed by atoms with Crippen LogP contribution in [0.1, 0.15) is 32.8 Å². The number of aliphatic hydroxyl groups excluding tert-OH is 1. The Kier molecular flexibility index (Phi) is 7.77. The molecule has 1 fully saturated rings. The van der Waals surface area contributed by atoms with Crippen molar-refractivity contribution in [2.45, 2.75) is 39.8 Å². The highest BCUT2D eigenvalue weighted by Gasteiger charge is 2.30. The third kappa shape index (κ3) is 5.99. The smallest absolute Gasteiger partial charge is 0.164 e. The van der Waals surface area contributed by atoms with Crippen LogP contribution in [0.4, 0.5) is 0 Å². The Balaban J connectivity index is 2.14. The van der Waals surface area contributed by atoms with Crippen LogP contribution in [-0.4, -0.2) is 75.1 Å². The van der Waals surface area contributed by atoms with Crippen molar-refractivity contribution < 1.29 is 19.3 Å². The maximum Gasteiger partial charge on any atom is 0.164 e. The molecule has 1 aromatic carbocycles. The van der Waals surface area contributed by atoms with Crippen LogP contribution in [0.3, 0.4) is 0 Å². The number of benzene rings is 1. The van der Waals surface area contributed by atoms with Gasteiger partial charge in [-0.3, -0.25) is 9.80 Å². The fourth-order valence-corrected chi connectivity index (χ4v) is 3.80. The van der Waals surface area contributed by atoms with E-state index in [-0.39, 0.29) is 12.0 Å². The van der Waals surface area contributed by atoms with E-state index in [4.69, 9.17) is 14.2 Å². The molecule has 0 aromatic heterocycles. The normalized spacial score (nSPS) is 19.1. The minimum absolute atomic E-state index is 0.221. The Morgan fingerprint density at radius 1 is 1.00 bits per heavy atom. The van der Waals surface area contributed by atoms with E-state index < -0.39 is 0 Å². The van der Waals surface area contributed by atoms with Gasteiger partial charge in [0, 0.05) is 57.0 Å². The van der Waals surface area contributed by atoms with Crippen LogP contribution in [0.2, 0.25) is 0 Å². The average molecular weight is 381 g/mol. The summed E-state index contributed by atoms with van der Waals surface area (Å²) in [5.41, 5.74) is 1.34. The lowest BCUT2D eigenvalue weighted by Gasteiger charge is -2.44. The topological polar surface area (TPSA) is 54.4 Å². The van der Waals surface area contributed by atoms with E-state index in [9.17, 15) is 5.11 Å². The molecule has 1 N–H and O–H groups in total. The first-order valence-corrected chi connectivity index (χ1v) is 9.67. The van der Waals surface area contributed by atoms with E-state index >= 15 is 0 Å². The molecule has 1 heterocycles. The number of methoxy groups -OCH3 is 3. The molecule has 0 bridgehead atoms. The molecule has 27 heavy (non-hydrogen) atoms. The number of piperazine rings is 1. The van der Waals surface area contributed by atoms with Gasteiger partial charge in [-0.1, -0.05) is 20.8 Å². The zero-order valence-electron chi connectivity index (χ0n) is 17.7. The summed E-state index contributed by atoms with van der Waals surface area (Å²) >= 11 is 0. The van der Waals surface area contributed by atoms with Crippen molar-refractivity contribution in [1.29, 1.82) is 0 Å². The third-order valence-electron chi connectivity index (χ3n) is 5.01. The minimum Gasteiger partial charge on any atom is -0.496 e. The molecule has 1 aliphatic heterocycles. The molecule has 0 radical (unpaired) electrons. The molecule has 0 spiro atoms. The first-order chi connectivity index (χ1) is 12.8. The Morgan fingerprint density at radius 3 is 2.19 bits per heavy atom. The van der Waals surface area contributed by atoms with Crippen molar-refractivity contribution in [2.24, 2.45) is 5.41 Å². The summed E-state index contributed by atoms with van der Waals surface area (Å²) in [5, 5.41) is 9.52. The van der Waals surface area contributed by atoms with Crippen molar-refractivity contribution >= 4 is 0 Å². The van der Waals surface area contributed by atoms with Gasteiger partial charge in [0.2, 0.25) is 0 Å². The fraction of sp³-hybridized carbons (Fsp3) is 0.714. The molecule has 0 amide bonds. The van der Waals surface area contributed by atoms with E-state index in [1.165, 1.54) is 0 Å². The van der Waals surface area contributed by atoms with Crippen molar-refractivity contribution in [1.82, 2.24) is 9.80 Å². The number of ether oxygens (including phenoxy) is 3. The van der Waals surface area contributed by atoms with Crippen LogP contribution in [0.5, 0.6) is 17.2 Å². The second-order valence-corrected chi connectivity index (χ2v) is 8.45. The fourth-order valence-electron chi connectivity index (χ4n) is 3.80. The first kappa shape index (κ1) is 21.8. The molecular formula is C21H36N2O4. The quantitative estimate of drug-likeness (QED) is 0.748. The van der Waals surface area contributed by atoms with Crippen molar-refractivity contribution in [3.8, 4) is 17.2 Å². The summed E-state index contributed by atoms with van der Waals surface area (Å²) < 4.78 is 16.4. The molecule has 1 saturated heterocycles. The molecule has 1 aliphatic rings.